The van der Waals surface area contributed by atoms with Crippen LogP contribution in [0.25, 0.3) is 10.9 Å². The van der Waals surface area contributed by atoms with Crippen LogP contribution in [0, 0.1) is 0 Å². The molecule has 0 aliphatic rings. The number of benzene rings is 1. The summed E-state index contributed by atoms with van der Waals surface area (Å²) in [5.74, 6) is 0. The van der Waals surface area contributed by atoms with Gasteiger partial charge in [0.25, 0.3) is 0 Å². The summed E-state index contributed by atoms with van der Waals surface area (Å²) in [5.41, 5.74) is 8.15. The molecule has 1 aromatic carbocycles. The molecular formula is C10H13ClN2. The molecule has 3 N–H and O–H groups in total. The minimum atomic E-state index is 0. The van der Waals surface area contributed by atoms with Gasteiger partial charge in [0.05, 0.1) is 0 Å². The van der Waals surface area contributed by atoms with E-state index in [-0.39, 0.29) is 18.4 Å². The van der Waals surface area contributed by atoms with Gasteiger partial charge in [0.1, 0.15) is 0 Å². The van der Waals surface area contributed by atoms with Crippen molar-refractivity contribution in [2.24, 2.45) is 5.73 Å². The summed E-state index contributed by atoms with van der Waals surface area (Å²) in [6.07, 6.45) is 1.98. The minimum absolute atomic E-state index is 0. The number of aromatic amines is 1. The van der Waals surface area contributed by atoms with Crippen molar-refractivity contribution < 1.29 is 0 Å². The Kier molecular flexibility index (Phi) is 2.96. The molecule has 70 valence electrons. The first kappa shape index (κ1) is 10.1. The van der Waals surface area contributed by atoms with Gasteiger partial charge in [0, 0.05) is 23.1 Å². The van der Waals surface area contributed by atoms with Gasteiger partial charge in [-0.25, -0.2) is 0 Å². The van der Waals surface area contributed by atoms with E-state index >= 15 is 0 Å². The number of nitrogens with two attached hydrogens (primary N) is 1. The van der Waals surface area contributed by atoms with Gasteiger partial charge >= 0.3 is 0 Å². The second-order valence-corrected chi connectivity index (χ2v) is 3.08. The van der Waals surface area contributed by atoms with Crippen molar-refractivity contribution in [2.75, 3.05) is 0 Å². The molecular weight excluding hydrogens is 184 g/mol. The Morgan fingerprint density at radius 2 is 2.00 bits per heavy atom. The minimum Gasteiger partial charge on any atom is -0.361 e. The fourth-order valence-corrected chi connectivity index (χ4v) is 1.47. The van der Waals surface area contributed by atoms with E-state index < -0.39 is 0 Å². The van der Waals surface area contributed by atoms with Gasteiger partial charge in [-0.3, -0.25) is 0 Å². The molecule has 0 bridgehead atoms. The zero-order valence-electron chi connectivity index (χ0n) is 7.45. The zero-order valence-corrected chi connectivity index (χ0v) is 8.27. The molecule has 0 saturated carbocycles. The maximum absolute atomic E-state index is 5.80. The number of H-pyrrole nitrogens is 1. The summed E-state index contributed by atoms with van der Waals surface area (Å²) in [6.45, 7) is 2.00. The van der Waals surface area contributed by atoms with Gasteiger partial charge in [0.2, 0.25) is 0 Å². The molecule has 1 aromatic heterocycles. The highest BCUT2D eigenvalue weighted by molar-refractivity contribution is 5.85. The van der Waals surface area contributed by atoms with E-state index in [1.54, 1.807) is 0 Å². The van der Waals surface area contributed by atoms with Crippen LogP contribution in [0.4, 0.5) is 0 Å². The van der Waals surface area contributed by atoms with Crippen LogP contribution in [0.2, 0.25) is 0 Å². The monoisotopic (exact) mass is 196 g/mol. The topological polar surface area (TPSA) is 41.8 Å². The number of nitrogens with one attached hydrogen (secondary N) is 1. The van der Waals surface area contributed by atoms with Gasteiger partial charge in [-0.05, 0) is 18.6 Å². The second-order valence-electron chi connectivity index (χ2n) is 3.08. The molecule has 1 atom stereocenters. The van der Waals surface area contributed by atoms with E-state index in [0.717, 1.165) is 5.52 Å². The largest absolute Gasteiger partial charge is 0.361 e. The zero-order chi connectivity index (χ0) is 8.55. The normalized spacial score (nSPS) is 12.5. The first-order chi connectivity index (χ1) is 5.79. The van der Waals surface area contributed by atoms with Crippen molar-refractivity contribution in [1.82, 2.24) is 4.98 Å². The lowest BCUT2D eigenvalue weighted by atomic mass is 10.1. The second kappa shape index (κ2) is 3.81. The van der Waals surface area contributed by atoms with Crippen molar-refractivity contribution in [2.45, 2.75) is 13.0 Å². The highest BCUT2D eigenvalue weighted by Crippen LogP contribution is 2.21. The predicted octanol–water partition coefficient (Wildman–Crippen LogP) is 2.61. The van der Waals surface area contributed by atoms with E-state index in [2.05, 4.69) is 17.1 Å². The van der Waals surface area contributed by atoms with Crippen LogP contribution in [0.3, 0.4) is 0 Å². The van der Waals surface area contributed by atoms with E-state index in [4.69, 9.17) is 5.73 Å². The van der Waals surface area contributed by atoms with E-state index in [1.807, 2.05) is 25.3 Å². The number of halogens is 1. The van der Waals surface area contributed by atoms with Crippen molar-refractivity contribution in [3.05, 3.63) is 36.0 Å². The number of fused-ring (bicyclic) bond motifs is 1. The maximum atomic E-state index is 5.80. The van der Waals surface area contributed by atoms with Crippen molar-refractivity contribution >= 4 is 23.3 Å². The van der Waals surface area contributed by atoms with Crippen molar-refractivity contribution in [3.8, 4) is 0 Å². The first-order valence-electron chi connectivity index (χ1n) is 4.10. The lowest BCUT2D eigenvalue weighted by Gasteiger charge is -2.01. The molecule has 0 saturated heterocycles. The van der Waals surface area contributed by atoms with Crippen LogP contribution in [-0.4, -0.2) is 4.98 Å². The van der Waals surface area contributed by atoms with Gasteiger partial charge in [-0.1, -0.05) is 18.2 Å². The van der Waals surface area contributed by atoms with E-state index in [9.17, 15) is 0 Å². The van der Waals surface area contributed by atoms with Crippen LogP contribution in [0.15, 0.2) is 30.5 Å². The molecule has 2 rings (SSSR count). The summed E-state index contributed by atoms with van der Waals surface area (Å²) in [5, 5.41) is 1.23. The summed E-state index contributed by atoms with van der Waals surface area (Å²) < 4.78 is 0. The SMILES string of the molecule is CC(N)c1c[nH]c2ccccc12.Cl. The van der Waals surface area contributed by atoms with Gasteiger partial charge in [-0.15, -0.1) is 12.4 Å². The Hall–Kier alpha value is -0.990. The molecule has 13 heavy (non-hydrogen) atoms. The standard InChI is InChI=1S/C10H12N2.ClH/c1-7(11)9-6-12-10-5-3-2-4-8(9)10;/h2-7,12H,11H2,1H3;1H. The van der Waals surface area contributed by atoms with Crippen LogP contribution in [0.1, 0.15) is 18.5 Å². The third kappa shape index (κ3) is 1.69. The average Bonchev–Trinajstić information content (AvgIpc) is 2.47. The molecule has 0 radical (unpaired) electrons. The summed E-state index contributed by atoms with van der Waals surface area (Å²) in [4.78, 5) is 3.19. The first-order valence-corrected chi connectivity index (χ1v) is 4.10. The number of hydrogen-bond acceptors (Lipinski definition) is 1. The molecule has 0 spiro atoms. The highest BCUT2D eigenvalue weighted by Gasteiger charge is 2.05. The van der Waals surface area contributed by atoms with Gasteiger partial charge in [-0.2, -0.15) is 0 Å². The number of para-hydroxylation sites is 1. The smallest absolute Gasteiger partial charge is 0.0457 e. The Morgan fingerprint density at radius 3 is 2.69 bits per heavy atom. The Balaban J connectivity index is 0.000000845. The number of hydrogen-bond donors (Lipinski definition) is 2. The van der Waals surface area contributed by atoms with Crippen molar-refractivity contribution in [1.29, 1.82) is 0 Å². The lowest BCUT2D eigenvalue weighted by Crippen LogP contribution is -2.03. The Labute approximate surface area is 83.5 Å². The third-order valence-corrected chi connectivity index (χ3v) is 2.11. The van der Waals surface area contributed by atoms with Gasteiger partial charge < -0.3 is 10.7 Å². The van der Waals surface area contributed by atoms with E-state index in [1.165, 1.54) is 10.9 Å². The van der Waals surface area contributed by atoms with Crippen LogP contribution in [-0.2, 0) is 0 Å². The lowest BCUT2D eigenvalue weighted by molar-refractivity contribution is 0.826. The Bertz CT molecular complexity index is 392. The molecule has 2 nitrogen and oxygen atoms in total. The molecule has 0 aliphatic carbocycles. The predicted molar refractivity (Wildman–Crippen MR) is 58.1 cm³/mol. The fraction of sp³-hybridized carbons (Fsp3) is 0.200. The number of aromatic nitrogens is 1. The van der Waals surface area contributed by atoms with Crippen LogP contribution < -0.4 is 5.73 Å². The molecule has 0 amide bonds. The summed E-state index contributed by atoms with van der Waals surface area (Å²) in [7, 11) is 0. The molecule has 0 aliphatic heterocycles. The quantitative estimate of drug-likeness (QED) is 0.724. The summed E-state index contributed by atoms with van der Waals surface area (Å²) >= 11 is 0. The Morgan fingerprint density at radius 1 is 1.31 bits per heavy atom. The fourth-order valence-electron chi connectivity index (χ4n) is 1.47. The molecule has 2 aromatic rings. The van der Waals surface area contributed by atoms with Crippen molar-refractivity contribution in [3.63, 3.8) is 0 Å². The van der Waals surface area contributed by atoms with Crippen LogP contribution >= 0.6 is 12.4 Å². The molecule has 3 heteroatoms. The third-order valence-electron chi connectivity index (χ3n) is 2.11. The van der Waals surface area contributed by atoms with Gasteiger partial charge in [0.15, 0.2) is 0 Å². The van der Waals surface area contributed by atoms with Crippen LogP contribution in [0.5, 0.6) is 0 Å². The van der Waals surface area contributed by atoms with E-state index in [0.29, 0.717) is 0 Å². The number of rotatable bonds is 1. The molecule has 1 unspecified atom stereocenters. The molecule has 1 heterocycles. The maximum Gasteiger partial charge on any atom is 0.0457 e. The highest BCUT2D eigenvalue weighted by atomic mass is 35.5. The summed E-state index contributed by atoms with van der Waals surface area (Å²) in [6, 6.07) is 8.29. The molecule has 0 fully saturated rings. The average molecular weight is 197 g/mol.